The molecule has 70 valence electrons. The van der Waals surface area contributed by atoms with Gasteiger partial charge in [-0.3, -0.25) is 4.90 Å². The minimum Gasteiger partial charge on any atom is -0.387 e. The zero-order chi connectivity index (χ0) is 9.35. The van der Waals surface area contributed by atoms with Gasteiger partial charge in [0.1, 0.15) is 0 Å². The van der Waals surface area contributed by atoms with Gasteiger partial charge in [0.25, 0.3) is 0 Å². The molecule has 0 spiro atoms. The highest BCUT2D eigenvalue weighted by Gasteiger charge is 2.42. The van der Waals surface area contributed by atoms with E-state index in [1.807, 2.05) is 6.92 Å². The number of β-amino-alcohol motifs (C(OH)–C–C–N with tert-alkyl or cyclic N) is 1. The van der Waals surface area contributed by atoms with Crippen LogP contribution in [0.25, 0.3) is 0 Å². The Hall–Kier alpha value is -0.340. The fourth-order valence-corrected chi connectivity index (χ4v) is 1.59. The van der Waals surface area contributed by atoms with Crippen LogP contribution in [0.4, 0.5) is 0 Å². The lowest BCUT2D eigenvalue weighted by Gasteiger charge is -2.49. The third-order valence-electron chi connectivity index (χ3n) is 2.56. The van der Waals surface area contributed by atoms with E-state index >= 15 is 0 Å². The van der Waals surface area contributed by atoms with Crippen molar-refractivity contribution < 1.29 is 5.11 Å². The Morgan fingerprint density at radius 2 is 2.08 bits per heavy atom. The predicted molar refractivity (Wildman–Crippen MR) is 51.0 cm³/mol. The second-order valence-corrected chi connectivity index (χ2v) is 4.36. The van der Waals surface area contributed by atoms with E-state index in [4.69, 9.17) is 0 Å². The molecule has 0 aromatic rings. The molecule has 1 heterocycles. The molecular formula is C10H19NO. The van der Waals surface area contributed by atoms with Crippen LogP contribution in [0.2, 0.25) is 0 Å². The van der Waals surface area contributed by atoms with Gasteiger partial charge in [-0.05, 0) is 12.8 Å². The zero-order valence-electron chi connectivity index (χ0n) is 8.30. The van der Waals surface area contributed by atoms with Gasteiger partial charge in [-0.1, -0.05) is 26.0 Å². The standard InChI is InChI=1S/C10H19NO/c1-8(2)5-11-6-10(12,7-11)9(3)4/h9,12H,1,5-7H2,2-4H3. The largest absolute Gasteiger partial charge is 0.387 e. The number of aliphatic hydroxyl groups is 1. The Kier molecular flexibility index (Phi) is 2.59. The molecule has 1 N–H and O–H groups in total. The summed E-state index contributed by atoms with van der Waals surface area (Å²) >= 11 is 0. The third-order valence-corrected chi connectivity index (χ3v) is 2.56. The first-order valence-corrected chi connectivity index (χ1v) is 4.53. The van der Waals surface area contributed by atoms with E-state index in [9.17, 15) is 5.11 Å². The number of nitrogens with zero attached hydrogens (tertiary/aromatic N) is 1. The average molecular weight is 169 g/mol. The van der Waals surface area contributed by atoms with Crippen LogP contribution in [-0.2, 0) is 0 Å². The van der Waals surface area contributed by atoms with Crippen LogP contribution in [0.15, 0.2) is 12.2 Å². The van der Waals surface area contributed by atoms with Crippen LogP contribution < -0.4 is 0 Å². The van der Waals surface area contributed by atoms with Crippen LogP contribution in [-0.4, -0.2) is 35.2 Å². The Morgan fingerprint density at radius 3 is 2.42 bits per heavy atom. The maximum absolute atomic E-state index is 9.90. The third kappa shape index (κ3) is 1.87. The van der Waals surface area contributed by atoms with Gasteiger partial charge in [0.15, 0.2) is 0 Å². The maximum Gasteiger partial charge on any atom is 0.0923 e. The van der Waals surface area contributed by atoms with Crippen molar-refractivity contribution in [3.05, 3.63) is 12.2 Å². The molecule has 0 amide bonds. The smallest absolute Gasteiger partial charge is 0.0923 e. The van der Waals surface area contributed by atoms with Crippen molar-refractivity contribution in [2.75, 3.05) is 19.6 Å². The van der Waals surface area contributed by atoms with Crippen molar-refractivity contribution in [1.29, 1.82) is 0 Å². The van der Waals surface area contributed by atoms with Crippen LogP contribution in [0.5, 0.6) is 0 Å². The SMILES string of the molecule is C=C(C)CN1CC(O)(C(C)C)C1. The zero-order valence-corrected chi connectivity index (χ0v) is 8.30. The van der Waals surface area contributed by atoms with Gasteiger partial charge in [0.2, 0.25) is 0 Å². The molecule has 0 radical (unpaired) electrons. The van der Waals surface area contributed by atoms with Gasteiger partial charge in [0.05, 0.1) is 5.60 Å². The van der Waals surface area contributed by atoms with Crippen molar-refractivity contribution in [1.82, 2.24) is 4.90 Å². The Balaban J connectivity index is 2.32. The summed E-state index contributed by atoms with van der Waals surface area (Å²) in [5, 5.41) is 9.90. The van der Waals surface area contributed by atoms with E-state index in [0.717, 1.165) is 19.6 Å². The molecule has 12 heavy (non-hydrogen) atoms. The molecule has 0 aromatic carbocycles. The lowest BCUT2D eigenvalue weighted by molar-refractivity contribution is -0.123. The van der Waals surface area contributed by atoms with Crippen LogP contribution >= 0.6 is 0 Å². The summed E-state index contributed by atoms with van der Waals surface area (Å²) in [4.78, 5) is 2.22. The van der Waals surface area contributed by atoms with E-state index in [1.165, 1.54) is 5.57 Å². The van der Waals surface area contributed by atoms with Gasteiger partial charge in [-0.15, -0.1) is 0 Å². The highest BCUT2D eigenvalue weighted by Crippen LogP contribution is 2.28. The number of hydrogen-bond donors (Lipinski definition) is 1. The minimum absolute atomic E-state index is 0.360. The van der Waals surface area contributed by atoms with Crippen molar-refractivity contribution >= 4 is 0 Å². The summed E-state index contributed by atoms with van der Waals surface area (Å²) in [6, 6.07) is 0. The van der Waals surface area contributed by atoms with Crippen molar-refractivity contribution in [2.24, 2.45) is 5.92 Å². The first-order valence-electron chi connectivity index (χ1n) is 4.53. The molecule has 2 heteroatoms. The van der Waals surface area contributed by atoms with E-state index < -0.39 is 5.60 Å². The topological polar surface area (TPSA) is 23.5 Å². The molecule has 1 rings (SSSR count). The highest BCUT2D eigenvalue weighted by molar-refractivity contribution is 5.03. The average Bonchev–Trinajstić information content (AvgIpc) is 1.82. The highest BCUT2D eigenvalue weighted by atomic mass is 16.3. The molecule has 2 nitrogen and oxygen atoms in total. The number of hydrogen-bond acceptors (Lipinski definition) is 2. The predicted octanol–water partition coefficient (Wildman–Crippen LogP) is 1.27. The first kappa shape index (κ1) is 9.75. The second-order valence-electron chi connectivity index (χ2n) is 4.36. The summed E-state index contributed by atoms with van der Waals surface area (Å²) in [7, 11) is 0. The van der Waals surface area contributed by atoms with Gasteiger partial charge in [-0.2, -0.15) is 0 Å². The van der Waals surface area contributed by atoms with Gasteiger partial charge in [0, 0.05) is 19.6 Å². The van der Waals surface area contributed by atoms with Crippen LogP contribution in [0.3, 0.4) is 0 Å². The molecule has 0 aromatic heterocycles. The quantitative estimate of drug-likeness (QED) is 0.643. The van der Waals surface area contributed by atoms with E-state index in [2.05, 4.69) is 25.3 Å². The molecule has 0 unspecified atom stereocenters. The molecule has 1 fully saturated rings. The van der Waals surface area contributed by atoms with Crippen LogP contribution in [0, 0.1) is 5.92 Å². The normalized spacial score (nSPS) is 22.4. The molecule has 0 bridgehead atoms. The molecule has 1 aliphatic rings. The van der Waals surface area contributed by atoms with E-state index in [1.54, 1.807) is 0 Å². The van der Waals surface area contributed by atoms with Crippen LogP contribution in [0.1, 0.15) is 20.8 Å². The lowest BCUT2D eigenvalue weighted by atomic mass is 9.83. The molecular weight excluding hydrogens is 150 g/mol. The van der Waals surface area contributed by atoms with Crippen molar-refractivity contribution in [2.45, 2.75) is 26.4 Å². The Bertz CT molecular complexity index is 180. The molecule has 1 aliphatic heterocycles. The number of likely N-dealkylation sites (tertiary alicyclic amines) is 1. The van der Waals surface area contributed by atoms with E-state index in [0.29, 0.717) is 5.92 Å². The van der Waals surface area contributed by atoms with Gasteiger partial charge in [-0.25, -0.2) is 0 Å². The minimum atomic E-state index is -0.435. The van der Waals surface area contributed by atoms with E-state index in [-0.39, 0.29) is 0 Å². The summed E-state index contributed by atoms with van der Waals surface area (Å²) in [5.74, 6) is 0.360. The second kappa shape index (κ2) is 3.19. The van der Waals surface area contributed by atoms with Crippen molar-refractivity contribution in [3.8, 4) is 0 Å². The lowest BCUT2D eigenvalue weighted by Crippen LogP contribution is -2.64. The molecule has 1 saturated heterocycles. The first-order chi connectivity index (χ1) is 5.44. The monoisotopic (exact) mass is 169 g/mol. The maximum atomic E-state index is 9.90. The van der Waals surface area contributed by atoms with Gasteiger partial charge >= 0.3 is 0 Å². The fourth-order valence-electron chi connectivity index (χ4n) is 1.59. The summed E-state index contributed by atoms with van der Waals surface area (Å²) in [5.41, 5.74) is 0.732. The van der Waals surface area contributed by atoms with Gasteiger partial charge < -0.3 is 5.11 Å². The van der Waals surface area contributed by atoms with Crippen molar-refractivity contribution in [3.63, 3.8) is 0 Å². The summed E-state index contributed by atoms with van der Waals surface area (Å²) in [6.07, 6.45) is 0. The fraction of sp³-hybridized carbons (Fsp3) is 0.800. The summed E-state index contributed by atoms with van der Waals surface area (Å²) < 4.78 is 0. The Labute approximate surface area is 74.9 Å². The number of rotatable bonds is 3. The Morgan fingerprint density at radius 1 is 1.58 bits per heavy atom. The molecule has 0 atom stereocenters. The molecule has 0 aliphatic carbocycles. The summed E-state index contributed by atoms with van der Waals surface area (Å²) in [6.45, 7) is 12.5. The molecule has 0 saturated carbocycles.